The van der Waals surface area contributed by atoms with Crippen LogP contribution in [0.2, 0.25) is 5.02 Å². The first-order chi connectivity index (χ1) is 20.6. The van der Waals surface area contributed by atoms with E-state index in [9.17, 15) is 36.3 Å². The number of carbonyl (C=O) groups excluding carboxylic acids is 1. The lowest BCUT2D eigenvalue weighted by Gasteiger charge is -2.24. The van der Waals surface area contributed by atoms with Gasteiger partial charge in [-0.15, -0.1) is 0 Å². The van der Waals surface area contributed by atoms with Gasteiger partial charge in [0.05, 0.1) is 10.4 Å². The Labute approximate surface area is 253 Å². The third kappa shape index (κ3) is 6.88. The van der Waals surface area contributed by atoms with Crippen LogP contribution in [0.15, 0.2) is 53.4 Å². The molecule has 0 saturated heterocycles. The van der Waals surface area contributed by atoms with E-state index < -0.39 is 51.9 Å². The number of rotatable bonds is 11. The zero-order valence-corrected chi connectivity index (χ0v) is 24.4. The van der Waals surface area contributed by atoms with Crippen LogP contribution in [0.5, 0.6) is 6.01 Å². The van der Waals surface area contributed by atoms with Crippen LogP contribution in [0.25, 0.3) is 0 Å². The summed E-state index contributed by atoms with van der Waals surface area (Å²) in [5, 5.41) is 15.7. The van der Waals surface area contributed by atoms with E-state index in [1.807, 2.05) is 16.9 Å². The van der Waals surface area contributed by atoms with E-state index >= 15 is 0 Å². The van der Waals surface area contributed by atoms with E-state index in [0.29, 0.717) is 17.9 Å². The Morgan fingerprint density at radius 2 is 1.61 bits per heavy atom. The molecule has 2 aliphatic rings. The van der Waals surface area contributed by atoms with Gasteiger partial charge in [-0.25, -0.2) is 17.9 Å². The van der Waals surface area contributed by atoms with Gasteiger partial charge in [0.2, 0.25) is 11.9 Å². The van der Waals surface area contributed by atoms with Crippen molar-refractivity contribution in [2.45, 2.75) is 47.8 Å². The highest BCUT2D eigenvalue weighted by molar-refractivity contribution is 7.90. The summed E-state index contributed by atoms with van der Waals surface area (Å²) < 4.78 is 70.8. The molecule has 4 N–H and O–H groups in total. The maximum absolute atomic E-state index is 12.8. The third-order valence-electron chi connectivity index (χ3n) is 7.20. The number of sulfonamides is 1. The number of hydrogen-bond acceptors (Lipinski definition) is 10. The van der Waals surface area contributed by atoms with Crippen LogP contribution in [0.1, 0.15) is 31.2 Å². The minimum Gasteiger partial charge on any atom is -0.465 e. The standard InChI is InChI=1S/C26H25ClF3N7O6S/c1-37(23(39)40)25(12-13-25)19(38)36-44(41,42)18-8-6-17(7-9-18)31-20-32-21(34-22(33-20)43-14-26(28,29)30)35-24(10-11-24)15-2-4-16(27)5-3-15/h2-9H,10-14H2,1H3,(H,36,38)(H,39,40)(H2,31,32,33,34,35). The number of aromatic nitrogens is 3. The highest BCUT2D eigenvalue weighted by Gasteiger charge is 2.56. The Bertz CT molecular complexity index is 1680. The van der Waals surface area contributed by atoms with Gasteiger partial charge < -0.3 is 20.5 Å². The molecular weight excluding hydrogens is 631 g/mol. The summed E-state index contributed by atoms with van der Waals surface area (Å²) in [4.78, 5) is 36.6. The number of carboxylic acid groups (broad SMARTS) is 1. The van der Waals surface area contributed by atoms with E-state index in [0.717, 1.165) is 10.5 Å². The summed E-state index contributed by atoms with van der Waals surface area (Å²) in [5.41, 5.74) is -0.898. The molecule has 2 fully saturated rings. The molecule has 1 heterocycles. The largest absolute Gasteiger partial charge is 0.465 e. The Morgan fingerprint density at radius 1 is 1.00 bits per heavy atom. The molecule has 234 valence electrons. The minimum atomic E-state index is -4.65. The topological polar surface area (TPSA) is 176 Å². The Morgan fingerprint density at radius 3 is 2.16 bits per heavy atom. The Hall–Kier alpha value is -4.38. The van der Waals surface area contributed by atoms with Crippen molar-refractivity contribution in [3.05, 3.63) is 59.1 Å². The fraction of sp³-hybridized carbons (Fsp3) is 0.346. The van der Waals surface area contributed by atoms with Crippen molar-refractivity contribution in [1.29, 1.82) is 0 Å². The van der Waals surface area contributed by atoms with Gasteiger partial charge in [-0.3, -0.25) is 9.69 Å². The second-order valence-corrected chi connectivity index (χ2v) is 12.5. The van der Waals surface area contributed by atoms with Crippen molar-refractivity contribution in [2.75, 3.05) is 24.3 Å². The first kappa shape index (κ1) is 31.1. The SMILES string of the molecule is CN(C(=O)O)C1(C(=O)NS(=O)(=O)c2ccc(Nc3nc(NC4(c5ccc(Cl)cc5)CC4)nc(OCC(F)(F)F)n3)cc2)CC1. The molecule has 44 heavy (non-hydrogen) atoms. The second-order valence-electron chi connectivity index (χ2n) is 10.3. The van der Waals surface area contributed by atoms with Crippen LogP contribution >= 0.6 is 11.6 Å². The van der Waals surface area contributed by atoms with E-state index in [2.05, 4.69) is 25.6 Å². The van der Waals surface area contributed by atoms with Crippen molar-refractivity contribution < 1.29 is 41.0 Å². The van der Waals surface area contributed by atoms with Crippen LogP contribution < -0.4 is 20.1 Å². The average molecular weight is 656 g/mol. The molecule has 5 rings (SSSR count). The molecule has 2 aliphatic carbocycles. The molecule has 0 spiro atoms. The highest BCUT2D eigenvalue weighted by Crippen LogP contribution is 2.48. The summed E-state index contributed by atoms with van der Waals surface area (Å²) in [5.74, 6) is -1.22. The molecule has 0 aliphatic heterocycles. The first-order valence-corrected chi connectivity index (χ1v) is 14.9. The van der Waals surface area contributed by atoms with Crippen molar-refractivity contribution in [1.82, 2.24) is 24.6 Å². The van der Waals surface area contributed by atoms with Crippen LogP contribution in [0.3, 0.4) is 0 Å². The third-order valence-corrected chi connectivity index (χ3v) is 8.80. The molecule has 2 amide bonds. The molecule has 1 aromatic heterocycles. The summed E-state index contributed by atoms with van der Waals surface area (Å²) in [6, 6.07) is 11.4. The summed E-state index contributed by atoms with van der Waals surface area (Å²) in [6.07, 6.45) is -4.26. The second kappa shape index (κ2) is 11.3. The number of halogens is 4. The first-order valence-electron chi connectivity index (χ1n) is 13.0. The number of alkyl halides is 3. The van der Waals surface area contributed by atoms with Gasteiger partial charge in [0.15, 0.2) is 6.61 Å². The van der Waals surface area contributed by atoms with Gasteiger partial charge in [-0.2, -0.15) is 28.1 Å². The summed E-state index contributed by atoms with van der Waals surface area (Å²) in [6.45, 7) is -1.64. The number of amides is 2. The molecular formula is C26H25ClF3N7O6S. The van der Waals surface area contributed by atoms with E-state index in [1.54, 1.807) is 12.1 Å². The molecule has 0 atom stereocenters. The van der Waals surface area contributed by atoms with Gasteiger partial charge in [0, 0.05) is 17.8 Å². The number of carbonyl (C=O) groups is 2. The molecule has 2 aromatic carbocycles. The highest BCUT2D eigenvalue weighted by atomic mass is 35.5. The molecule has 0 unspecified atom stereocenters. The van der Waals surface area contributed by atoms with E-state index in [1.165, 1.54) is 31.3 Å². The normalized spacial score (nSPS) is 16.4. The monoisotopic (exact) mass is 655 g/mol. The van der Waals surface area contributed by atoms with Gasteiger partial charge in [-0.1, -0.05) is 23.7 Å². The zero-order valence-electron chi connectivity index (χ0n) is 22.9. The molecule has 0 radical (unpaired) electrons. The number of hydrogen-bond donors (Lipinski definition) is 4. The van der Waals surface area contributed by atoms with Crippen LogP contribution in [0, 0.1) is 0 Å². The number of anilines is 3. The lowest BCUT2D eigenvalue weighted by Crippen LogP contribution is -2.50. The number of ether oxygens (including phenoxy) is 1. The fourth-order valence-corrected chi connectivity index (χ4v) is 5.58. The number of nitrogens with zero attached hydrogens (tertiary/aromatic N) is 4. The summed E-state index contributed by atoms with van der Waals surface area (Å²) in [7, 11) is -3.18. The van der Waals surface area contributed by atoms with Crippen molar-refractivity contribution in [3.8, 4) is 6.01 Å². The Kier molecular flexibility index (Phi) is 7.96. The quantitative estimate of drug-likeness (QED) is 0.232. The molecule has 13 nitrogen and oxygen atoms in total. The van der Waals surface area contributed by atoms with Crippen LogP contribution in [-0.2, 0) is 20.4 Å². The fourth-order valence-electron chi connectivity index (χ4n) is 4.41. The maximum atomic E-state index is 12.8. The van der Waals surface area contributed by atoms with Crippen LogP contribution in [-0.4, -0.2) is 70.7 Å². The van der Waals surface area contributed by atoms with Gasteiger partial charge in [-0.05, 0) is 67.6 Å². The van der Waals surface area contributed by atoms with E-state index in [4.69, 9.17) is 16.3 Å². The smallest absolute Gasteiger partial charge is 0.422 e. The minimum absolute atomic E-state index is 0.0608. The molecule has 0 bridgehead atoms. The lowest BCUT2D eigenvalue weighted by molar-refractivity contribution is -0.154. The average Bonchev–Trinajstić information content (AvgIpc) is 3.88. The number of benzene rings is 2. The summed E-state index contributed by atoms with van der Waals surface area (Å²) >= 11 is 5.99. The van der Waals surface area contributed by atoms with Crippen LogP contribution in [0.4, 0.5) is 35.5 Å². The predicted octanol–water partition coefficient (Wildman–Crippen LogP) is 4.26. The Balaban J connectivity index is 1.33. The maximum Gasteiger partial charge on any atom is 0.422 e. The lowest BCUT2D eigenvalue weighted by atomic mass is 10.1. The molecule has 18 heteroatoms. The number of likely N-dealkylation sites (N-methyl/N-ethyl adjacent to an activating group) is 1. The van der Waals surface area contributed by atoms with Crippen molar-refractivity contribution in [2.24, 2.45) is 0 Å². The molecule has 2 saturated carbocycles. The number of nitrogens with one attached hydrogen (secondary N) is 3. The van der Waals surface area contributed by atoms with Gasteiger partial charge >= 0.3 is 18.3 Å². The van der Waals surface area contributed by atoms with Crippen molar-refractivity contribution in [3.63, 3.8) is 0 Å². The van der Waals surface area contributed by atoms with Crippen molar-refractivity contribution >= 4 is 51.2 Å². The predicted molar refractivity (Wildman–Crippen MR) is 150 cm³/mol. The van der Waals surface area contributed by atoms with Gasteiger partial charge in [0.25, 0.3) is 15.9 Å². The molecule has 3 aromatic rings. The van der Waals surface area contributed by atoms with E-state index in [-0.39, 0.29) is 35.3 Å². The zero-order chi connectivity index (χ0) is 31.9. The van der Waals surface area contributed by atoms with Gasteiger partial charge in [0.1, 0.15) is 5.54 Å².